The highest BCUT2D eigenvalue weighted by Crippen LogP contribution is 2.13. The Morgan fingerprint density at radius 3 is 3.00 bits per heavy atom. The van der Waals surface area contributed by atoms with Crippen molar-refractivity contribution in [2.75, 3.05) is 6.54 Å². The number of halogens is 1. The molecule has 17 heavy (non-hydrogen) atoms. The first-order valence-electron chi connectivity index (χ1n) is 5.52. The van der Waals surface area contributed by atoms with Crippen molar-refractivity contribution in [3.63, 3.8) is 0 Å². The molecular weight excluding hydrogens is 238 g/mol. The Bertz CT molecular complexity index is 507. The Morgan fingerprint density at radius 1 is 1.24 bits per heavy atom. The van der Waals surface area contributed by atoms with E-state index in [1.165, 1.54) is 0 Å². The zero-order valence-electron chi connectivity index (χ0n) is 9.25. The predicted octanol–water partition coefficient (Wildman–Crippen LogP) is 1.34. The summed E-state index contributed by atoms with van der Waals surface area (Å²) in [7, 11) is 0. The second-order valence-electron chi connectivity index (χ2n) is 4.09. The topological polar surface area (TPSA) is 46.8 Å². The Balaban J connectivity index is 1.69. The molecule has 0 saturated heterocycles. The largest absolute Gasteiger partial charge is 0.333 e. The third-order valence-corrected chi connectivity index (χ3v) is 3.10. The van der Waals surface area contributed by atoms with Gasteiger partial charge in [0.1, 0.15) is 5.82 Å². The summed E-state index contributed by atoms with van der Waals surface area (Å²) in [5, 5.41) is 8.35. The van der Waals surface area contributed by atoms with Gasteiger partial charge >= 0.3 is 0 Å². The van der Waals surface area contributed by atoms with Crippen LogP contribution in [0.5, 0.6) is 0 Å². The molecule has 0 aliphatic carbocycles. The molecule has 0 unspecified atom stereocenters. The first kappa shape index (κ1) is 10.7. The molecule has 1 aliphatic rings. The minimum Gasteiger partial charge on any atom is -0.333 e. The van der Waals surface area contributed by atoms with Crippen LogP contribution in [-0.4, -0.2) is 31.2 Å². The molecule has 0 bridgehead atoms. The quantitative estimate of drug-likeness (QED) is 0.806. The van der Waals surface area contributed by atoms with Crippen LogP contribution < -0.4 is 0 Å². The molecule has 1 aliphatic heterocycles. The van der Waals surface area contributed by atoms with Crippen molar-refractivity contribution >= 4 is 11.6 Å². The Morgan fingerprint density at radius 2 is 2.18 bits per heavy atom. The molecule has 3 rings (SSSR count). The number of hydrogen-bond donors (Lipinski definition) is 0. The maximum absolute atomic E-state index is 5.71. The highest BCUT2D eigenvalue weighted by atomic mass is 35.5. The monoisotopic (exact) mass is 249 g/mol. The van der Waals surface area contributed by atoms with Gasteiger partial charge in [0.25, 0.3) is 0 Å². The first-order valence-corrected chi connectivity index (χ1v) is 5.89. The van der Waals surface area contributed by atoms with Crippen LogP contribution in [0.4, 0.5) is 0 Å². The summed E-state index contributed by atoms with van der Waals surface area (Å²) < 4.78 is 2.18. The molecule has 0 fully saturated rings. The van der Waals surface area contributed by atoms with E-state index in [9.17, 15) is 0 Å². The molecule has 88 valence electrons. The minimum absolute atomic E-state index is 0.433. The van der Waals surface area contributed by atoms with Crippen molar-refractivity contribution in [2.24, 2.45) is 0 Å². The lowest BCUT2D eigenvalue weighted by Crippen LogP contribution is -2.33. The van der Waals surface area contributed by atoms with Crippen molar-refractivity contribution in [1.29, 1.82) is 0 Å². The van der Waals surface area contributed by atoms with Crippen LogP contribution in [-0.2, 0) is 19.6 Å². The van der Waals surface area contributed by atoms with Crippen molar-refractivity contribution < 1.29 is 0 Å². The summed E-state index contributed by atoms with van der Waals surface area (Å²) in [5.41, 5.74) is 0.939. The van der Waals surface area contributed by atoms with Gasteiger partial charge in [0.05, 0.1) is 12.2 Å². The lowest BCUT2D eigenvalue weighted by Gasteiger charge is -2.26. The number of nitrogens with zero attached hydrogens (tertiary/aromatic N) is 5. The van der Waals surface area contributed by atoms with Gasteiger partial charge in [0.2, 0.25) is 0 Å². The molecule has 3 heterocycles. The fraction of sp³-hybridized carbons (Fsp3) is 0.364. The summed E-state index contributed by atoms with van der Waals surface area (Å²) in [6.45, 7) is 3.64. The molecule has 2 aromatic rings. The smallest absolute Gasteiger partial charge is 0.151 e. The van der Waals surface area contributed by atoms with Crippen molar-refractivity contribution in [2.45, 2.75) is 19.6 Å². The van der Waals surface area contributed by atoms with E-state index in [2.05, 4.69) is 24.6 Å². The average molecular weight is 250 g/mol. The van der Waals surface area contributed by atoms with Crippen LogP contribution >= 0.6 is 11.6 Å². The zero-order chi connectivity index (χ0) is 11.7. The van der Waals surface area contributed by atoms with Crippen LogP contribution in [0.1, 0.15) is 11.5 Å². The molecule has 5 nitrogen and oxygen atoms in total. The second-order valence-corrected chi connectivity index (χ2v) is 4.48. The standard InChI is InChI=1S/C11H12ClN5/c12-10-2-1-9(14-15-10)7-16-5-6-17-4-3-13-11(17)8-16/h1-4H,5-8H2. The van der Waals surface area contributed by atoms with Gasteiger partial charge in [0, 0.05) is 32.0 Å². The fourth-order valence-electron chi connectivity index (χ4n) is 2.02. The molecule has 0 radical (unpaired) electrons. The van der Waals surface area contributed by atoms with Crippen molar-refractivity contribution in [1.82, 2.24) is 24.6 Å². The van der Waals surface area contributed by atoms with Gasteiger partial charge < -0.3 is 4.57 Å². The van der Waals surface area contributed by atoms with Gasteiger partial charge in [-0.05, 0) is 12.1 Å². The fourth-order valence-corrected chi connectivity index (χ4v) is 2.12. The maximum Gasteiger partial charge on any atom is 0.151 e. The van der Waals surface area contributed by atoms with E-state index in [1.807, 2.05) is 18.5 Å². The van der Waals surface area contributed by atoms with Gasteiger partial charge in [-0.3, -0.25) is 4.90 Å². The van der Waals surface area contributed by atoms with E-state index >= 15 is 0 Å². The third kappa shape index (κ3) is 2.30. The summed E-state index contributed by atoms with van der Waals surface area (Å²) in [6.07, 6.45) is 3.87. The molecule has 2 aromatic heterocycles. The highest BCUT2D eigenvalue weighted by molar-refractivity contribution is 6.29. The van der Waals surface area contributed by atoms with E-state index in [1.54, 1.807) is 6.07 Å². The SMILES string of the molecule is Clc1ccc(CN2CCn3ccnc3C2)nn1. The van der Waals surface area contributed by atoms with E-state index in [-0.39, 0.29) is 0 Å². The average Bonchev–Trinajstić information content (AvgIpc) is 2.79. The second kappa shape index (κ2) is 4.43. The molecular formula is C11H12ClN5. The summed E-state index contributed by atoms with van der Waals surface area (Å²) in [4.78, 5) is 6.63. The van der Waals surface area contributed by atoms with Gasteiger partial charge in [-0.2, -0.15) is 5.10 Å². The first-order chi connectivity index (χ1) is 8.31. The molecule has 0 aromatic carbocycles. The predicted molar refractivity (Wildman–Crippen MR) is 63.4 cm³/mol. The van der Waals surface area contributed by atoms with Crippen LogP contribution in [0.15, 0.2) is 24.5 Å². The van der Waals surface area contributed by atoms with Gasteiger partial charge in [-0.15, -0.1) is 5.10 Å². The zero-order valence-corrected chi connectivity index (χ0v) is 10.0. The number of fused-ring (bicyclic) bond motifs is 1. The molecule has 6 heteroatoms. The Hall–Kier alpha value is -1.46. The van der Waals surface area contributed by atoms with Crippen LogP contribution in [0, 0.1) is 0 Å². The molecule has 0 atom stereocenters. The van der Waals surface area contributed by atoms with E-state index < -0.39 is 0 Å². The number of imidazole rings is 1. The minimum atomic E-state index is 0.433. The normalized spacial score (nSPS) is 15.8. The van der Waals surface area contributed by atoms with Crippen molar-refractivity contribution in [3.05, 3.63) is 41.2 Å². The summed E-state index contributed by atoms with van der Waals surface area (Å²) >= 11 is 5.71. The summed E-state index contributed by atoms with van der Waals surface area (Å²) in [6, 6.07) is 3.69. The van der Waals surface area contributed by atoms with Gasteiger partial charge in [-0.1, -0.05) is 11.6 Å². The lowest BCUT2D eigenvalue weighted by atomic mass is 10.3. The molecule has 0 N–H and O–H groups in total. The third-order valence-electron chi connectivity index (χ3n) is 2.90. The summed E-state index contributed by atoms with van der Waals surface area (Å²) in [5.74, 6) is 1.11. The molecule has 0 amide bonds. The van der Waals surface area contributed by atoms with E-state index in [0.717, 1.165) is 37.7 Å². The lowest BCUT2D eigenvalue weighted by molar-refractivity contribution is 0.206. The number of hydrogen-bond acceptors (Lipinski definition) is 4. The van der Waals surface area contributed by atoms with Gasteiger partial charge in [0.15, 0.2) is 5.15 Å². The Labute approximate surface area is 104 Å². The van der Waals surface area contributed by atoms with Crippen LogP contribution in [0.3, 0.4) is 0 Å². The molecule has 0 saturated carbocycles. The number of aromatic nitrogens is 4. The van der Waals surface area contributed by atoms with E-state index in [0.29, 0.717) is 5.15 Å². The van der Waals surface area contributed by atoms with Gasteiger partial charge in [-0.25, -0.2) is 4.98 Å². The maximum atomic E-state index is 5.71. The van der Waals surface area contributed by atoms with E-state index in [4.69, 9.17) is 11.6 Å². The molecule has 0 spiro atoms. The number of rotatable bonds is 2. The highest BCUT2D eigenvalue weighted by Gasteiger charge is 2.16. The Kier molecular flexibility index (Phi) is 2.78. The van der Waals surface area contributed by atoms with Crippen LogP contribution in [0.2, 0.25) is 5.15 Å². The van der Waals surface area contributed by atoms with Crippen molar-refractivity contribution in [3.8, 4) is 0 Å². The van der Waals surface area contributed by atoms with Crippen LogP contribution in [0.25, 0.3) is 0 Å².